The number of anilines is 1. The molecule has 3 aliphatic rings. The first-order valence-corrected chi connectivity index (χ1v) is 17.6. The third kappa shape index (κ3) is 4.79. The number of ether oxygens (including phenoxy) is 1. The summed E-state index contributed by atoms with van der Waals surface area (Å²) in [5.74, 6) is 0.0874. The first-order chi connectivity index (χ1) is 21.3. The number of nitrogens with zero attached hydrogens (tertiary/aromatic N) is 9. The van der Waals surface area contributed by atoms with Crippen LogP contribution in [0.25, 0.3) is 28.1 Å². The number of rotatable bonds is 2. The molecule has 2 saturated heterocycles. The molecule has 8 rings (SSSR count). The van der Waals surface area contributed by atoms with Crippen molar-refractivity contribution in [2.24, 2.45) is 11.8 Å². The molecule has 18 nitrogen and oxygen atoms in total. The fourth-order valence-electron chi connectivity index (χ4n) is 6.12. The molecule has 3 fully saturated rings. The summed E-state index contributed by atoms with van der Waals surface area (Å²) < 4.78 is 60.4. The predicted octanol–water partition coefficient (Wildman–Crippen LogP) is 2.55. The van der Waals surface area contributed by atoms with Gasteiger partial charge in [-0.15, -0.1) is 0 Å². The molecule has 3 N–H and O–H groups in total. The lowest BCUT2D eigenvalue weighted by Gasteiger charge is -2.45. The smallest absolute Gasteiger partial charge is 0.386 e. The normalized spacial score (nSPS) is 33.3. The largest absolute Gasteiger partial charge is 0.493 e. The lowest BCUT2D eigenvalue weighted by molar-refractivity contribution is -0.0361. The van der Waals surface area contributed by atoms with Gasteiger partial charge in [0, 0.05) is 30.8 Å². The summed E-state index contributed by atoms with van der Waals surface area (Å²) in [6.45, 7) is -3.92. The van der Waals surface area contributed by atoms with E-state index in [0.717, 1.165) is 0 Å². The Morgan fingerprint density at radius 1 is 1.00 bits per heavy atom. The van der Waals surface area contributed by atoms with Crippen LogP contribution in [0.15, 0.2) is 31.4 Å². The maximum atomic E-state index is 13.4. The van der Waals surface area contributed by atoms with Crippen LogP contribution in [0.5, 0.6) is 5.88 Å². The molecular weight excluding hydrogens is 638 g/mol. The maximum absolute atomic E-state index is 13.4. The molecule has 1 saturated carbocycles. The third-order valence-corrected chi connectivity index (χ3v) is 10.8. The highest BCUT2D eigenvalue weighted by Crippen LogP contribution is 2.58. The predicted molar refractivity (Wildman–Crippen MR) is 155 cm³/mol. The summed E-state index contributed by atoms with van der Waals surface area (Å²) in [6.07, 6.45) is 6.17. The highest BCUT2D eigenvalue weighted by Gasteiger charge is 2.46. The molecule has 232 valence electrons. The zero-order chi connectivity index (χ0) is 30.2. The summed E-state index contributed by atoms with van der Waals surface area (Å²) in [7, 11) is -2.95. The van der Waals surface area contributed by atoms with Crippen LogP contribution >= 0.6 is 27.3 Å². The van der Waals surface area contributed by atoms with Gasteiger partial charge in [0.15, 0.2) is 22.6 Å². The number of aromatic nitrogens is 9. The minimum absolute atomic E-state index is 0.0485. The van der Waals surface area contributed by atoms with Gasteiger partial charge in [-0.3, -0.25) is 18.1 Å². The number of hydrogen-bond acceptors (Lipinski definition) is 15. The zero-order valence-electron chi connectivity index (χ0n) is 22.7. The van der Waals surface area contributed by atoms with Crippen molar-refractivity contribution in [1.82, 2.24) is 43.4 Å². The lowest BCUT2D eigenvalue weighted by Crippen LogP contribution is -2.43. The number of nitrogens with two attached hydrogens (primary N) is 1. The fraction of sp³-hybridized carbons (Fsp3) is 0.478. The number of thiol groups is 1. The number of hydrogen-bond donors (Lipinski definition) is 3. The Kier molecular flexibility index (Phi) is 6.91. The zero-order valence-corrected chi connectivity index (χ0v) is 25.5. The van der Waals surface area contributed by atoms with E-state index < -0.39 is 33.5 Å². The van der Waals surface area contributed by atoms with E-state index in [-0.39, 0.29) is 55.8 Å². The molecule has 5 aromatic heterocycles. The van der Waals surface area contributed by atoms with Gasteiger partial charge in [-0.25, -0.2) is 29.5 Å². The van der Waals surface area contributed by atoms with E-state index in [1.807, 2.05) is 4.57 Å². The molecular formula is C23H26N10O8P2S. The van der Waals surface area contributed by atoms with Crippen LogP contribution in [0.3, 0.4) is 0 Å². The molecule has 1 unspecified atom stereocenters. The number of nitrogen functional groups attached to an aromatic ring is 1. The van der Waals surface area contributed by atoms with Crippen molar-refractivity contribution in [3.8, 4) is 5.88 Å². The first kappa shape index (κ1) is 28.3. The van der Waals surface area contributed by atoms with Crippen LogP contribution < -0.4 is 5.73 Å². The summed E-state index contributed by atoms with van der Waals surface area (Å²) in [5.41, 5.74) is 7.55. The molecule has 0 amide bonds. The topological polar surface area (TPSA) is 218 Å². The molecule has 0 spiro atoms. The van der Waals surface area contributed by atoms with Crippen LogP contribution in [-0.2, 0) is 32.0 Å². The number of aromatic hydroxyl groups is 1. The van der Waals surface area contributed by atoms with Gasteiger partial charge >= 0.3 is 15.1 Å². The second kappa shape index (κ2) is 10.7. The van der Waals surface area contributed by atoms with Crippen molar-refractivity contribution < 1.29 is 37.1 Å². The van der Waals surface area contributed by atoms with E-state index in [1.165, 1.54) is 23.3 Å². The van der Waals surface area contributed by atoms with E-state index in [4.69, 9.17) is 28.6 Å². The molecule has 7 heterocycles. The van der Waals surface area contributed by atoms with Crippen LogP contribution in [0.2, 0.25) is 0 Å². The summed E-state index contributed by atoms with van der Waals surface area (Å²) >= 11 is 4.26. The van der Waals surface area contributed by atoms with Gasteiger partial charge < -0.3 is 33.7 Å². The van der Waals surface area contributed by atoms with Crippen molar-refractivity contribution in [2.45, 2.75) is 37.3 Å². The maximum Gasteiger partial charge on any atom is 0.386 e. The van der Waals surface area contributed by atoms with E-state index in [0.29, 0.717) is 34.5 Å². The van der Waals surface area contributed by atoms with E-state index in [9.17, 15) is 14.2 Å². The van der Waals surface area contributed by atoms with Crippen molar-refractivity contribution in [2.75, 3.05) is 25.6 Å². The van der Waals surface area contributed by atoms with Crippen molar-refractivity contribution in [3.63, 3.8) is 0 Å². The van der Waals surface area contributed by atoms with Crippen molar-refractivity contribution in [1.29, 1.82) is 0 Å². The van der Waals surface area contributed by atoms with Gasteiger partial charge in [-0.2, -0.15) is 4.98 Å². The average molecular weight is 665 g/mol. The molecule has 0 radical (unpaired) electrons. The second-order valence-electron chi connectivity index (χ2n) is 10.8. The van der Waals surface area contributed by atoms with Crippen molar-refractivity contribution in [3.05, 3.63) is 31.4 Å². The Morgan fingerprint density at radius 3 is 2.70 bits per heavy atom. The van der Waals surface area contributed by atoms with Crippen LogP contribution in [-0.4, -0.2) is 80.6 Å². The third-order valence-electron chi connectivity index (χ3n) is 8.39. The Morgan fingerprint density at radius 2 is 1.82 bits per heavy atom. The van der Waals surface area contributed by atoms with Gasteiger partial charge in [-0.05, 0) is 12.3 Å². The standard InChI is InChI=1S/C23H26N10O8P2S/c24-19-17-20(27-8-26-19)33(10-28-17)16-4-14-15(40-16)7-38-42(35)37-6-12-11(5-39-43(36,44)41-14)3-13(12)32-9-29-18-21(32)30-23-25-1-2-31(23)22(18)34/h1-2,8-16,34,42H,3-7H2,(H,36,44)(H2,24,26,27)/t11-,12-,13-,14+,15-,16-,43-/m1/s1. The lowest BCUT2D eigenvalue weighted by atomic mass is 9.70. The Bertz CT molecular complexity index is 1970. The Balaban J connectivity index is 1.02. The van der Waals surface area contributed by atoms with E-state index >= 15 is 0 Å². The highest BCUT2D eigenvalue weighted by atomic mass is 32.7. The highest BCUT2D eigenvalue weighted by molar-refractivity contribution is 8.44. The minimum atomic E-state index is -3.87. The van der Waals surface area contributed by atoms with Crippen molar-refractivity contribution >= 4 is 61.2 Å². The SMILES string of the molecule is Nc1ncnc2c1ncn2[C@H]1C[C@@H]2O[P@](=O)(S)OC[C@H]3C[C@@H](n4cnc5c(O)n6ccnc6nc54)[C@@H]3CO[PH](=O)OC[C@H]2O1. The molecule has 0 bridgehead atoms. The molecule has 0 aromatic carbocycles. The van der Waals surface area contributed by atoms with Crippen LogP contribution in [0, 0.1) is 11.8 Å². The fourth-order valence-corrected chi connectivity index (χ4v) is 8.40. The average Bonchev–Trinajstić information content (AvgIpc) is 3.77. The molecule has 2 aliphatic heterocycles. The monoisotopic (exact) mass is 664 g/mol. The Hall–Kier alpha value is -3.15. The summed E-state index contributed by atoms with van der Waals surface area (Å²) in [4.78, 5) is 25.6. The van der Waals surface area contributed by atoms with Crippen LogP contribution in [0.1, 0.15) is 25.1 Å². The molecule has 8 atom stereocenters. The quantitative estimate of drug-likeness (QED) is 0.182. The molecule has 21 heteroatoms. The number of fused-ring (bicyclic) bond motifs is 5. The summed E-state index contributed by atoms with van der Waals surface area (Å²) in [5, 5.41) is 10.7. The van der Waals surface area contributed by atoms with Gasteiger partial charge in [0.05, 0.1) is 32.5 Å². The van der Waals surface area contributed by atoms with Gasteiger partial charge in [0.25, 0.3) is 0 Å². The van der Waals surface area contributed by atoms with Gasteiger partial charge in [-0.1, -0.05) is 12.2 Å². The van der Waals surface area contributed by atoms with Crippen LogP contribution in [0.4, 0.5) is 5.82 Å². The van der Waals surface area contributed by atoms with E-state index in [1.54, 1.807) is 17.1 Å². The number of imidazole rings is 3. The van der Waals surface area contributed by atoms with Gasteiger partial charge in [0.2, 0.25) is 11.7 Å². The first-order valence-electron chi connectivity index (χ1n) is 13.7. The summed E-state index contributed by atoms with van der Waals surface area (Å²) in [6, 6.07) is -0.190. The van der Waals surface area contributed by atoms with Gasteiger partial charge in [0.1, 0.15) is 30.3 Å². The van der Waals surface area contributed by atoms with E-state index in [2.05, 4.69) is 42.2 Å². The molecule has 5 aromatic rings. The minimum Gasteiger partial charge on any atom is -0.493 e. The Labute approximate surface area is 253 Å². The molecule has 44 heavy (non-hydrogen) atoms. The molecule has 1 aliphatic carbocycles. The second-order valence-corrected chi connectivity index (χ2v) is 14.8.